The van der Waals surface area contributed by atoms with Crippen LogP contribution in [-0.4, -0.2) is 0 Å². The molecule has 0 saturated heterocycles. The lowest BCUT2D eigenvalue weighted by Crippen LogP contribution is -2.05. The quantitative estimate of drug-likeness (QED) is 0.304. The molecule has 0 fully saturated rings. The molecule has 0 spiro atoms. The average molecular weight is 425 g/mol. The van der Waals surface area contributed by atoms with Gasteiger partial charge in [-0.1, -0.05) is 50.2 Å². The van der Waals surface area contributed by atoms with Gasteiger partial charge in [-0.25, -0.2) is 0 Å². The van der Waals surface area contributed by atoms with E-state index in [0.717, 1.165) is 23.0 Å². The largest absolute Gasteiger partial charge is 0.457 e. The molecule has 4 rings (SSSR count). The summed E-state index contributed by atoms with van der Waals surface area (Å²) < 4.78 is 11.8. The first-order chi connectivity index (χ1) is 15.5. The summed E-state index contributed by atoms with van der Waals surface area (Å²) in [6.07, 6.45) is 0. The Morgan fingerprint density at radius 2 is 0.875 bits per heavy atom. The van der Waals surface area contributed by atoms with Crippen LogP contribution in [-0.2, 0) is 0 Å². The van der Waals surface area contributed by atoms with E-state index in [0.29, 0.717) is 23.2 Å². The highest BCUT2D eigenvalue weighted by atomic mass is 16.5. The molecule has 0 amide bonds. The molecular weight excluding hydrogens is 396 g/mol. The maximum atomic E-state index is 5.91. The van der Waals surface area contributed by atoms with Crippen LogP contribution in [0.25, 0.3) is 0 Å². The van der Waals surface area contributed by atoms with E-state index < -0.39 is 0 Å². The summed E-state index contributed by atoms with van der Waals surface area (Å²) in [5.41, 5.74) is 15.5. The van der Waals surface area contributed by atoms with Gasteiger partial charge in [0, 0.05) is 23.5 Å². The molecule has 0 saturated carbocycles. The normalized spacial score (nSPS) is 12.7. The van der Waals surface area contributed by atoms with E-state index in [1.807, 2.05) is 72.8 Å². The first-order valence-corrected chi connectivity index (χ1v) is 10.7. The Hall–Kier alpha value is -3.92. The fraction of sp³-hybridized carbons (Fsp3) is 0.143. The van der Waals surface area contributed by atoms with Gasteiger partial charge in [0.25, 0.3) is 0 Å². The molecular formula is C28H28N2O2. The first kappa shape index (κ1) is 21.3. The van der Waals surface area contributed by atoms with Gasteiger partial charge in [-0.2, -0.15) is 0 Å². The van der Waals surface area contributed by atoms with Gasteiger partial charge in [0.2, 0.25) is 0 Å². The second kappa shape index (κ2) is 9.48. The van der Waals surface area contributed by atoms with E-state index in [2.05, 4.69) is 38.1 Å². The summed E-state index contributed by atoms with van der Waals surface area (Å²) >= 11 is 0. The molecule has 2 unspecified atom stereocenters. The highest BCUT2D eigenvalue weighted by molar-refractivity contribution is 5.46. The summed E-state index contributed by atoms with van der Waals surface area (Å²) in [4.78, 5) is 0. The van der Waals surface area contributed by atoms with Gasteiger partial charge >= 0.3 is 0 Å². The van der Waals surface area contributed by atoms with E-state index in [4.69, 9.17) is 20.9 Å². The molecule has 4 nitrogen and oxygen atoms in total. The van der Waals surface area contributed by atoms with Crippen LogP contribution in [0, 0.1) is 0 Å². The molecule has 2 atom stereocenters. The number of benzene rings is 4. The first-order valence-electron chi connectivity index (χ1n) is 10.7. The topological polar surface area (TPSA) is 70.5 Å². The van der Waals surface area contributed by atoms with Crippen molar-refractivity contribution in [2.75, 3.05) is 11.5 Å². The molecule has 0 aliphatic heterocycles. The van der Waals surface area contributed by atoms with Gasteiger partial charge in [-0.15, -0.1) is 0 Å². The third-order valence-corrected chi connectivity index (χ3v) is 5.75. The maximum absolute atomic E-state index is 5.91. The van der Waals surface area contributed by atoms with Crippen molar-refractivity contribution in [2.45, 2.75) is 25.7 Å². The van der Waals surface area contributed by atoms with Crippen LogP contribution in [0.1, 0.15) is 36.8 Å². The van der Waals surface area contributed by atoms with E-state index >= 15 is 0 Å². The monoisotopic (exact) mass is 424 g/mol. The summed E-state index contributed by atoms with van der Waals surface area (Å²) in [6.45, 7) is 4.49. The number of hydrogen-bond acceptors (Lipinski definition) is 4. The SMILES string of the molecule is CC(c1ccc(Oc2cccc(N)c2)cc1)C(C)c1ccc(Oc2cccc(N)c2)cc1. The second-order valence-electron chi connectivity index (χ2n) is 8.06. The lowest BCUT2D eigenvalue weighted by Gasteiger charge is -2.21. The Bertz CT molecular complexity index is 1080. The number of hydrogen-bond donors (Lipinski definition) is 2. The Balaban J connectivity index is 1.40. The third kappa shape index (κ3) is 5.22. The van der Waals surface area contributed by atoms with Crippen molar-refractivity contribution in [3.05, 3.63) is 108 Å². The van der Waals surface area contributed by atoms with Crippen LogP contribution in [0.3, 0.4) is 0 Å². The van der Waals surface area contributed by atoms with Crippen LogP contribution in [0.2, 0.25) is 0 Å². The molecule has 32 heavy (non-hydrogen) atoms. The smallest absolute Gasteiger partial charge is 0.129 e. The summed E-state index contributed by atoms with van der Waals surface area (Å²) in [5.74, 6) is 3.75. The highest BCUT2D eigenvalue weighted by Gasteiger charge is 2.17. The molecule has 0 aromatic heterocycles. The van der Waals surface area contributed by atoms with E-state index in [9.17, 15) is 0 Å². The zero-order chi connectivity index (χ0) is 22.5. The van der Waals surface area contributed by atoms with Crippen molar-refractivity contribution in [1.29, 1.82) is 0 Å². The minimum Gasteiger partial charge on any atom is -0.457 e. The van der Waals surface area contributed by atoms with E-state index in [-0.39, 0.29) is 0 Å². The molecule has 0 aliphatic rings. The van der Waals surface area contributed by atoms with Crippen LogP contribution in [0.15, 0.2) is 97.1 Å². The van der Waals surface area contributed by atoms with Gasteiger partial charge in [0.05, 0.1) is 0 Å². The number of nitrogen functional groups attached to an aromatic ring is 2. The maximum Gasteiger partial charge on any atom is 0.129 e. The molecule has 0 bridgehead atoms. The van der Waals surface area contributed by atoms with Crippen LogP contribution in [0.4, 0.5) is 11.4 Å². The Morgan fingerprint density at radius 1 is 0.500 bits per heavy atom. The summed E-state index contributed by atoms with van der Waals surface area (Å²) in [7, 11) is 0. The number of rotatable bonds is 7. The number of ether oxygens (including phenoxy) is 2. The van der Waals surface area contributed by atoms with Crippen LogP contribution >= 0.6 is 0 Å². The zero-order valence-electron chi connectivity index (χ0n) is 18.4. The van der Waals surface area contributed by atoms with Crippen molar-refractivity contribution in [3.63, 3.8) is 0 Å². The lowest BCUT2D eigenvalue weighted by atomic mass is 9.84. The predicted octanol–water partition coefficient (Wildman–Crippen LogP) is 7.34. The van der Waals surface area contributed by atoms with Crippen molar-refractivity contribution in [2.24, 2.45) is 0 Å². The Morgan fingerprint density at radius 3 is 1.22 bits per heavy atom. The zero-order valence-corrected chi connectivity index (χ0v) is 18.4. The van der Waals surface area contributed by atoms with Gasteiger partial charge in [-0.3, -0.25) is 0 Å². The van der Waals surface area contributed by atoms with Crippen LogP contribution in [0.5, 0.6) is 23.0 Å². The standard InChI is InChI=1S/C28H28N2O2/c1-19(21-9-13-25(14-10-21)31-27-7-3-5-23(29)17-27)20(2)22-11-15-26(16-12-22)32-28-8-4-6-24(30)18-28/h3-20H,29-30H2,1-2H3. The molecule has 0 radical (unpaired) electrons. The Kier molecular flexibility index (Phi) is 6.31. The molecule has 4 N–H and O–H groups in total. The highest BCUT2D eigenvalue weighted by Crippen LogP contribution is 2.35. The number of nitrogens with two attached hydrogens (primary N) is 2. The van der Waals surface area contributed by atoms with Gasteiger partial charge < -0.3 is 20.9 Å². The van der Waals surface area contributed by atoms with Crippen molar-refractivity contribution >= 4 is 11.4 Å². The van der Waals surface area contributed by atoms with Gasteiger partial charge in [0.15, 0.2) is 0 Å². The van der Waals surface area contributed by atoms with Crippen LogP contribution < -0.4 is 20.9 Å². The van der Waals surface area contributed by atoms with E-state index in [1.54, 1.807) is 0 Å². The van der Waals surface area contributed by atoms with Gasteiger partial charge in [0.1, 0.15) is 23.0 Å². The molecule has 4 aromatic carbocycles. The molecule has 0 heterocycles. The fourth-order valence-electron chi connectivity index (χ4n) is 3.68. The molecule has 4 heteroatoms. The molecule has 4 aromatic rings. The summed E-state index contributed by atoms with van der Waals surface area (Å²) in [5, 5.41) is 0. The summed E-state index contributed by atoms with van der Waals surface area (Å²) in [6, 6.07) is 31.4. The average Bonchev–Trinajstić information content (AvgIpc) is 2.79. The second-order valence-corrected chi connectivity index (χ2v) is 8.06. The van der Waals surface area contributed by atoms with Gasteiger partial charge in [-0.05, 0) is 71.5 Å². The predicted molar refractivity (Wildman–Crippen MR) is 132 cm³/mol. The molecule has 0 aliphatic carbocycles. The fourth-order valence-corrected chi connectivity index (χ4v) is 3.68. The van der Waals surface area contributed by atoms with Crippen molar-refractivity contribution in [1.82, 2.24) is 0 Å². The number of anilines is 2. The minimum atomic E-state index is 0.345. The van der Waals surface area contributed by atoms with E-state index in [1.165, 1.54) is 11.1 Å². The van der Waals surface area contributed by atoms with Crippen molar-refractivity contribution < 1.29 is 9.47 Å². The lowest BCUT2D eigenvalue weighted by molar-refractivity contribution is 0.481. The Labute approximate surface area is 189 Å². The van der Waals surface area contributed by atoms with Crippen molar-refractivity contribution in [3.8, 4) is 23.0 Å². The minimum absolute atomic E-state index is 0.345. The molecule has 162 valence electrons. The third-order valence-electron chi connectivity index (χ3n) is 5.75.